The molecule has 8 heteroatoms. The van der Waals surface area contributed by atoms with Crippen molar-refractivity contribution in [1.29, 1.82) is 0 Å². The molecule has 2 N–H and O–H groups in total. The van der Waals surface area contributed by atoms with Gasteiger partial charge in [-0.3, -0.25) is 14.5 Å². The lowest BCUT2D eigenvalue weighted by molar-refractivity contribution is -0.122. The second-order valence-corrected chi connectivity index (χ2v) is 6.88. The number of nitrogens with zero attached hydrogens (tertiary/aromatic N) is 1. The van der Waals surface area contributed by atoms with Crippen LogP contribution in [0.1, 0.15) is 6.92 Å². The highest BCUT2D eigenvalue weighted by molar-refractivity contribution is 6.03. The molecule has 0 aromatic heterocycles. The van der Waals surface area contributed by atoms with Crippen LogP contribution in [-0.4, -0.2) is 36.3 Å². The number of halogens is 3. The van der Waals surface area contributed by atoms with Crippen LogP contribution >= 0.6 is 0 Å². The number of anilines is 2. The maximum absolute atomic E-state index is 13.8. The summed E-state index contributed by atoms with van der Waals surface area (Å²) in [7, 11) is 1.55. The summed E-state index contributed by atoms with van der Waals surface area (Å²) in [6, 6.07) is 14.0. The molecule has 0 saturated heterocycles. The molecule has 0 radical (unpaired) electrons. The largest absolute Gasteiger partial charge is 0.324 e. The van der Waals surface area contributed by atoms with E-state index in [2.05, 4.69) is 10.6 Å². The fraction of sp³-hybridized carbons (Fsp3) is 0.182. The van der Waals surface area contributed by atoms with Crippen molar-refractivity contribution in [2.45, 2.75) is 13.0 Å². The van der Waals surface area contributed by atoms with Gasteiger partial charge in [0.05, 0.1) is 18.3 Å². The lowest BCUT2D eigenvalue weighted by Crippen LogP contribution is -2.43. The van der Waals surface area contributed by atoms with Gasteiger partial charge < -0.3 is 10.6 Å². The SMILES string of the molecule is C[C@@H](C(=O)Nc1ccc(F)c(F)c1F)N(C)CC(=O)Nc1cccc2ccccc12. The molecule has 156 valence electrons. The maximum atomic E-state index is 13.8. The van der Waals surface area contributed by atoms with Crippen LogP contribution in [0.5, 0.6) is 0 Å². The lowest BCUT2D eigenvalue weighted by atomic mass is 10.1. The highest BCUT2D eigenvalue weighted by atomic mass is 19.2. The van der Waals surface area contributed by atoms with Gasteiger partial charge in [-0.25, -0.2) is 13.2 Å². The predicted octanol–water partition coefficient (Wildman–Crippen LogP) is 4.15. The van der Waals surface area contributed by atoms with E-state index in [9.17, 15) is 22.8 Å². The van der Waals surface area contributed by atoms with E-state index < -0.39 is 35.1 Å². The highest BCUT2D eigenvalue weighted by Gasteiger charge is 2.23. The minimum Gasteiger partial charge on any atom is -0.324 e. The fourth-order valence-electron chi connectivity index (χ4n) is 2.95. The Labute approximate surface area is 171 Å². The van der Waals surface area contributed by atoms with E-state index in [-0.39, 0.29) is 12.5 Å². The Morgan fingerprint density at radius 1 is 0.900 bits per heavy atom. The van der Waals surface area contributed by atoms with Crippen molar-refractivity contribution >= 4 is 34.0 Å². The topological polar surface area (TPSA) is 61.4 Å². The van der Waals surface area contributed by atoms with E-state index in [1.807, 2.05) is 36.4 Å². The van der Waals surface area contributed by atoms with Crippen molar-refractivity contribution in [3.8, 4) is 0 Å². The molecule has 0 unspecified atom stereocenters. The molecule has 0 aliphatic carbocycles. The zero-order chi connectivity index (χ0) is 21.8. The van der Waals surface area contributed by atoms with Crippen LogP contribution in [0.3, 0.4) is 0 Å². The molecule has 0 bridgehead atoms. The summed E-state index contributed by atoms with van der Waals surface area (Å²) < 4.78 is 40.1. The van der Waals surface area contributed by atoms with Crippen molar-refractivity contribution in [2.24, 2.45) is 0 Å². The predicted molar refractivity (Wildman–Crippen MR) is 110 cm³/mol. The molecule has 0 saturated carbocycles. The zero-order valence-electron chi connectivity index (χ0n) is 16.4. The van der Waals surface area contributed by atoms with E-state index in [4.69, 9.17) is 0 Å². The number of amides is 2. The van der Waals surface area contributed by atoms with Gasteiger partial charge in [-0.2, -0.15) is 0 Å². The van der Waals surface area contributed by atoms with Crippen LogP contribution in [0.25, 0.3) is 10.8 Å². The van der Waals surface area contributed by atoms with Gasteiger partial charge >= 0.3 is 0 Å². The van der Waals surface area contributed by atoms with Crippen LogP contribution in [0.15, 0.2) is 54.6 Å². The minimum atomic E-state index is -1.66. The number of fused-ring (bicyclic) bond motifs is 1. The third-order valence-electron chi connectivity index (χ3n) is 4.79. The van der Waals surface area contributed by atoms with Crippen LogP contribution in [0.4, 0.5) is 24.5 Å². The van der Waals surface area contributed by atoms with E-state index in [0.717, 1.165) is 22.9 Å². The zero-order valence-corrected chi connectivity index (χ0v) is 16.4. The Morgan fingerprint density at radius 2 is 1.60 bits per heavy atom. The molecule has 5 nitrogen and oxygen atoms in total. The third kappa shape index (κ3) is 4.60. The fourth-order valence-corrected chi connectivity index (χ4v) is 2.95. The van der Waals surface area contributed by atoms with Crippen molar-refractivity contribution in [1.82, 2.24) is 4.90 Å². The summed E-state index contributed by atoms with van der Waals surface area (Å²) in [6.45, 7) is 1.40. The van der Waals surface area contributed by atoms with Gasteiger partial charge in [0.25, 0.3) is 0 Å². The molecule has 2 amide bonds. The summed E-state index contributed by atoms with van der Waals surface area (Å²) in [5.74, 6) is -5.50. The summed E-state index contributed by atoms with van der Waals surface area (Å²) in [6.07, 6.45) is 0. The van der Waals surface area contributed by atoms with E-state index in [1.165, 1.54) is 11.8 Å². The Kier molecular flexibility index (Phi) is 6.37. The smallest absolute Gasteiger partial charge is 0.241 e. The normalized spacial score (nSPS) is 12.1. The Morgan fingerprint density at radius 3 is 2.37 bits per heavy atom. The van der Waals surface area contributed by atoms with Crippen molar-refractivity contribution < 1.29 is 22.8 Å². The average molecular weight is 415 g/mol. The third-order valence-corrected chi connectivity index (χ3v) is 4.79. The standard InChI is InChI=1S/C22H20F3N3O2/c1-13(22(30)27-18-11-10-16(23)20(24)21(18)25)28(2)12-19(29)26-17-9-5-7-14-6-3-4-8-15(14)17/h3-11,13H,12H2,1-2H3,(H,26,29)(H,27,30)/t13-/m0/s1. The number of benzene rings is 3. The maximum Gasteiger partial charge on any atom is 0.241 e. The molecular formula is C22H20F3N3O2. The van der Waals surface area contributed by atoms with E-state index >= 15 is 0 Å². The molecule has 0 fully saturated rings. The first-order valence-electron chi connectivity index (χ1n) is 9.20. The average Bonchev–Trinajstić information content (AvgIpc) is 2.73. The van der Waals surface area contributed by atoms with Gasteiger partial charge in [-0.05, 0) is 37.6 Å². The van der Waals surface area contributed by atoms with Gasteiger partial charge in [0.1, 0.15) is 0 Å². The summed E-state index contributed by atoms with van der Waals surface area (Å²) in [5.41, 5.74) is 0.173. The molecule has 3 aromatic carbocycles. The first kappa shape index (κ1) is 21.3. The van der Waals surface area contributed by atoms with Crippen LogP contribution in [0, 0.1) is 17.5 Å². The highest BCUT2D eigenvalue weighted by Crippen LogP contribution is 2.23. The van der Waals surface area contributed by atoms with Crippen molar-refractivity contribution in [3.05, 3.63) is 72.0 Å². The second-order valence-electron chi connectivity index (χ2n) is 6.88. The number of likely N-dealkylation sites (N-methyl/N-ethyl adjacent to an activating group) is 1. The van der Waals surface area contributed by atoms with Crippen molar-refractivity contribution in [3.63, 3.8) is 0 Å². The monoisotopic (exact) mass is 415 g/mol. The van der Waals surface area contributed by atoms with Crippen LogP contribution in [0.2, 0.25) is 0 Å². The van der Waals surface area contributed by atoms with Gasteiger partial charge in [-0.15, -0.1) is 0 Å². The number of carbonyl (C=O) groups excluding carboxylic acids is 2. The van der Waals surface area contributed by atoms with Gasteiger partial charge in [0, 0.05) is 11.1 Å². The molecule has 0 aliphatic heterocycles. The number of rotatable bonds is 6. The minimum absolute atomic E-state index is 0.113. The number of hydrogen-bond donors (Lipinski definition) is 2. The summed E-state index contributed by atoms with van der Waals surface area (Å²) >= 11 is 0. The van der Waals surface area contributed by atoms with Gasteiger partial charge in [0.2, 0.25) is 11.8 Å². The van der Waals surface area contributed by atoms with E-state index in [1.54, 1.807) is 13.1 Å². The number of carbonyl (C=O) groups is 2. The first-order valence-corrected chi connectivity index (χ1v) is 9.20. The van der Waals surface area contributed by atoms with E-state index in [0.29, 0.717) is 5.69 Å². The quantitative estimate of drug-likeness (QED) is 0.595. The second kappa shape index (κ2) is 8.96. The molecule has 30 heavy (non-hydrogen) atoms. The molecule has 1 atom stereocenters. The van der Waals surface area contributed by atoms with Gasteiger partial charge in [-0.1, -0.05) is 36.4 Å². The number of nitrogens with one attached hydrogen (secondary N) is 2. The molecule has 0 aliphatic rings. The van der Waals surface area contributed by atoms with Crippen LogP contribution < -0.4 is 10.6 Å². The van der Waals surface area contributed by atoms with Crippen molar-refractivity contribution in [2.75, 3.05) is 24.2 Å². The molecule has 3 rings (SSSR count). The Bertz CT molecular complexity index is 1100. The molecule has 0 spiro atoms. The summed E-state index contributed by atoms with van der Waals surface area (Å²) in [5, 5.41) is 6.89. The first-order chi connectivity index (χ1) is 14.3. The molecular weight excluding hydrogens is 395 g/mol. The Balaban J connectivity index is 1.63. The van der Waals surface area contributed by atoms with Crippen LogP contribution in [-0.2, 0) is 9.59 Å². The summed E-state index contributed by atoms with van der Waals surface area (Å²) in [4.78, 5) is 26.3. The van der Waals surface area contributed by atoms with Gasteiger partial charge in [0.15, 0.2) is 17.5 Å². The Hall–Kier alpha value is -3.39. The number of hydrogen-bond acceptors (Lipinski definition) is 3. The lowest BCUT2D eigenvalue weighted by Gasteiger charge is -2.23. The molecule has 0 heterocycles. The molecule has 3 aromatic rings.